The van der Waals surface area contributed by atoms with E-state index in [4.69, 9.17) is 0 Å². The number of nitro benzene ring substituents is 1. The minimum Gasteiger partial charge on any atom is -0.338 e. The number of para-hydroxylation sites is 1. The Bertz CT molecular complexity index is 947. The molecule has 1 aliphatic heterocycles. The van der Waals surface area contributed by atoms with Crippen LogP contribution in [0.25, 0.3) is 0 Å². The first-order chi connectivity index (χ1) is 13.8. The molecule has 0 aliphatic carbocycles. The summed E-state index contributed by atoms with van der Waals surface area (Å²) < 4.78 is 0. The molecule has 2 atom stereocenters. The van der Waals surface area contributed by atoms with Crippen molar-refractivity contribution < 1.29 is 14.5 Å². The highest BCUT2D eigenvalue weighted by Gasteiger charge is 2.27. The molecular formula is C22H25N3O4. The van der Waals surface area contributed by atoms with Gasteiger partial charge in [0, 0.05) is 30.8 Å². The van der Waals surface area contributed by atoms with Gasteiger partial charge in [0.1, 0.15) is 0 Å². The Morgan fingerprint density at radius 2 is 1.72 bits per heavy atom. The number of benzene rings is 2. The number of amides is 2. The second kappa shape index (κ2) is 8.43. The molecule has 0 saturated carbocycles. The molecule has 2 amide bonds. The van der Waals surface area contributed by atoms with Crippen LogP contribution in [0.5, 0.6) is 0 Å². The van der Waals surface area contributed by atoms with E-state index in [1.165, 1.54) is 18.2 Å². The van der Waals surface area contributed by atoms with Gasteiger partial charge in [-0.3, -0.25) is 19.7 Å². The van der Waals surface area contributed by atoms with Crippen LogP contribution < -0.4 is 5.32 Å². The van der Waals surface area contributed by atoms with E-state index in [0.29, 0.717) is 47.3 Å². The van der Waals surface area contributed by atoms with Crippen LogP contribution in [0.4, 0.5) is 11.4 Å². The van der Waals surface area contributed by atoms with E-state index in [0.717, 1.165) is 6.42 Å². The molecule has 1 saturated heterocycles. The monoisotopic (exact) mass is 395 g/mol. The average molecular weight is 395 g/mol. The maximum Gasteiger partial charge on any atom is 0.269 e. The molecule has 1 N–H and O–H groups in total. The summed E-state index contributed by atoms with van der Waals surface area (Å²) in [5.74, 6) is 0.372. The molecule has 7 heteroatoms. The lowest BCUT2D eigenvalue weighted by Crippen LogP contribution is -2.42. The molecule has 0 radical (unpaired) electrons. The largest absolute Gasteiger partial charge is 0.338 e. The van der Waals surface area contributed by atoms with Crippen LogP contribution in [0.3, 0.4) is 0 Å². The van der Waals surface area contributed by atoms with Crippen LogP contribution >= 0.6 is 0 Å². The van der Waals surface area contributed by atoms with Gasteiger partial charge in [-0.1, -0.05) is 26.0 Å². The first kappa shape index (κ1) is 20.5. The van der Waals surface area contributed by atoms with E-state index in [9.17, 15) is 19.7 Å². The van der Waals surface area contributed by atoms with Crippen molar-refractivity contribution >= 4 is 23.2 Å². The first-order valence-electron chi connectivity index (χ1n) is 9.71. The molecule has 1 aliphatic rings. The SMILES string of the molecule is Cc1cc([N+](=O)[O-])ccc1C(=O)Nc1ccccc1C(=O)N1CC(C)CC(C)C1. The van der Waals surface area contributed by atoms with Crippen molar-refractivity contribution in [1.29, 1.82) is 0 Å². The molecule has 0 spiro atoms. The van der Waals surface area contributed by atoms with Crippen LogP contribution in [0.15, 0.2) is 42.5 Å². The topological polar surface area (TPSA) is 92.5 Å². The van der Waals surface area contributed by atoms with Gasteiger partial charge in [-0.2, -0.15) is 0 Å². The summed E-state index contributed by atoms with van der Waals surface area (Å²) in [7, 11) is 0. The van der Waals surface area contributed by atoms with Crippen LogP contribution in [-0.2, 0) is 0 Å². The number of hydrogen-bond donors (Lipinski definition) is 1. The van der Waals surface area contributed by atoms with Crippen LogP contribution in [0, 0.1) is 28.9 Å². The number of aryl methyl sites for hydroxylation is 1. The molecule has 29 heavy (non-hydrogen) atoms. The van der Waals surface area contributed by atoms with Crippen molar-refractivity contribution in [1.82, 2.24) is 4.90 Å². The van der Waals surface area contributed by atoms with Crippen LogP contribution in [0.1, 0.15) is 46.5 Å². The normalized spacial score (nSPS) is 18.9. The highest BCUT2D eigenvalue weighted by molar-refractivity contribution is 6.09. The highest BCUT2D eigenvalue weighted by Crippen LogP contribution is 2.26. The van der Waals surface area contributed by atoms with Gasteiger partial charge >= 0.3 is 0 Å². The molecule has 0 aromatic heterocycles. The third kappa shape index (κ3) is 4.62. The van der Waals surface area contributed by atoms with Gasteiger partial charge in [-0.25, -0.2) is 0 Å². The van der Waals surface area contributed by atoms with E-state index < -0.39 is 10.8 Å². The maximum absolute atomic E-state index is 13.1. The Morgan fingerprint density at radius 1 is 1.07 bits per heavy atom. The zero-order valence-corrected chi connectivity index (χ0v) is 16.8. The number of carbonyl (C=O) groups is 2. The lowest BCUT2D eigenvalue weighted by molar-refractivity contribution is -0.384. The van der Waals surface area contributed by atoms with E-state index in [2.05, 4.69) is 19.2 Å². The third-order valence-corrected chi connectivity index (χ3v) is 5.23. The minimum atomic E-state index is -0.497. The van der Waals surface area contributed by atoms with Crippen molar-refractivity contribution in [2.45, 2.75) is 27.2 Å². The van der Waals surface area contributed by atoms with Gasteiger partial charge in [0.05, 0.1) is 16.2 Å². The summed E-state index contributed by atoms with van der Waals surface area (Å²) in [6.45, 7) is 7.33. The first-order valence-corrected chi connectivity index (χ1v) is 9.71. The van der Waals surface area contributed by atoms with E-state index in [1.807, 2.05) is 4.90 Å². The lowest BCUT2D eigenvalue weighted by Gasteiger charge is -2.35. The van der Waals surface area contributed by atoms with Gasteiger partial charge in [0.25, 0.3) is 17.5 Å². The number of nitro groups is 1. The summed E-state index contributed by atoms with van der Waals surface area (Å²) >= 11 is 0. The third-order valence-electron chi connectivity index (χ3n) is 5.23. The molecule has 7 nitrogen and oxygen atoms in total. The van der Waals surface area contributed by atoms with Gasteiger partial charge in [0.15, 0.2) is 0 Å². The van der Waals surface area contributed by atoms with Gasteiger partial charge in [-0.05, 0) is 48.9 Å². The Hall–Kier alpha value is -3.22. The molecule has 152 valence electrons. The summed E-state index contributed by atoms with van der Waals surface area (Å²) in [4.78, 5) is 38.1. The lowest BCUT2D eigenvalue weighted by atomic mass is 9.91. The number of rotatable bonds is 4. The van der Waals surface area contributed by atoms with Crippen molar-refractivity contribution in [2.75, 3.05) is 18.4 Å². The highest BCUT2D eigenvalue weighted by atomic mass is 16.6. The van der Waals surface area contributed by atoms with Crippen LogP contribution in [-0.4, -0.2) is 34.7 Å². The summed E-state index contributed by atoms with van der Waals surface area (Å²) in [6, 6.07) is 11.0. The molecule has 2 aromatic rings. The predicted octanol–water partition coefficient (Wildman–Crippen LogP) is 4.27. The molecule has 3 rings (SSSR count). The number of piperidine rings is 1. The van der Waals surface area contributed by atoms with Crippen LogP contribution in [0.2, 0.25) is 0 Å². The number of nitrogens with zero attached hydrogens (tertiary/aromatic N) is 2. The Kier molecular flexibility index (Phi) is 5.96. The molecule has 1 fully saturated rings. The number of hydrogen-bond acceptors (Lipinski definition) is 4. The second-order valence-electron chi connectivity index (χ2n) is 7.91. The predicted molar refractivity (Wildman–Crippen MR) is 111 cm³/mol. The van der Waals surface area contributed by atoms with Gasteiger partial charge in [0.2, 0.25) is 0 Å². The number of carbonyl (C=O) groups excluding carboxylic acids is 2. The smallest absolute Gasteiger partial charge is 0.269 e. The van der Waals surface area contributed by atoms with Gasteiger partial charge < -0.3 is 10.2 Å². The fourth-order valence-corrected chi connectivity index (χ4v) is 3.98. The zero-order valence-electron chi connectivity index (χ0n) is 16.8. The van der Waals surface area contributed by atoms with Crippen molar-refractivity contribution in [3.63, 3.8) is 0 Å². The average Bonchev–Trinajstić information content (AvgIpc) is 2.66. The molecule has 1 heterocycles. The standard InChI is InChI=1S/C22H25N3O4/c1-14-10-15(2)13-24(12-14)22(27)19-6-4-5-7-20(19)23-21(26)18-9-8-17(25(28)29)11-16(18)3/h4-9,11,14-15H,10,12-13H2,1-3H3,(H,23,26). The number of non-ortho nitro benzene ring substituents is 1. The van der Waals surface area contributed by atoms with Gasteiger partial charge in [-0.15, -0.1) is 0 Å². The molecule has 2 aromatic carbocycles. The fourth-order valence-electron chi connectivity index (χ4n) is 3.98. The Morgan fingerprint density at radius 3 is 2.34 bits per heavy atom. The quantitative estimate of drug-likeness (QED) is 0.618. The Balaban J connectivity index is 1.83. The number of likely N-dealkylation sites (tertiary alicyclic amines) is 1. The fraction of sp³-hybridized carbons (Fsp3) is 0.364. The zero-order chi connectivity index (χ0) is 21.1. The molecular weight excluding hydrogens is 370 g/mol. The summed E-state index contributed by atoms with van der Waals surface area (Å²) in [5.41, 5.74) is 1.65. The minimum absolute atomic E-state index is 0.0667. The number of nitrogens with one attached hydrogen (secondary N) is 1. The molecule has 2 unspecified atom stereocenters. The van der Waals surface area contributed by atoms with E-state index >= 15 is 0 Å². The second-order valence-corrected chi connectivity index (χ2v) is 7.91. The number of anilines is 1. The summed E-state index contributed by atoms with van der Waals surface area (Å²) in [6.07, 6.45) is 1.10. The van der Waals surface area contributed by atoms with E-state index in [1.54, 1.807) is 31.2 Å². The molecule has 0 bridgehead atoms. The van der Waals surface area contributed by atoms with Crippen molar-refractivity contribution in [2.24, 2.45) is 11.8 Å². The van der Waals surface area contributed by atoms with Crippen molar-refractivity contribution in [3.8, 4) is 0 Å². The Labute approximate surface area is 169 Å². The van der Waals surface area contributed by atoms with E-state index in [-0.39, 0.29) is 11.6 Å². The van der Waals surface area contributed by atoms with Crippen molar-refractivity contribution in [3.05, 3.63) is 69.3 Å². The maximum atomic E-state index is 13.1. The summed E-state index contributed by atoms with van der Waals surface area (Å²) in [5, 5.41) is 13.7.